The summed E-state index contributed by atoms with van der Waals surface area (Å²) < 4.78 is 26.6. The van der Waals surface area contributed by atoms with Crippen LogP contribution in [-0.2, 0) is 11.2 Å². The summed E-state index contributed by atoms with van der Waals surface area (Å²) in [5.74, 6) is -0.417. The number of carbonyl (C=O) groups excluding carboxylic acids is 1. The van der Waals surface area contributed by atoms with Crippen LogP contribution in [0, 0.1) is 6.92 Å². The monoisotopic (exact) mass is 415 g/mol. The maximum atomic E-state index is 13.3. The number of thiophene rings is 2. The third kappa shape index (κ3) is 4.83. The van der Waals surface area contributed by atoms with Crippen molar-refractivity contribution in [2.75, 3.05) is 6.54 Å². The number of carbonyl (C=O) groups is 1. The zero-order valence-corrected chi connectivity index (χ0v) is 17.8. The quantitative estimate of drug-likeness (QED) is 0.533. The summed E-state index contributed by atoms with van der Waals surface area (Å²) in [6, 6.07) is 8.40. The fourth-order valence-corrected chi connectivity index (χ4v) is 4.95. The lowest BCUT2D eigenvalue weighted by Crippen LogP contribution is -2.67. The predicted molar refractivity (Wildman–Crippen MR) is 109 cm³/mol. The molecule has 0 amide bonds. The van der Waals surface area contributed by atoms with E-state index in [0.717, 1.165) is 13.3 Å². The van der Waals surface area contributed by atoms with Crippen LogP contribution in [0.1, 0.15) is 43.4 Å². The molecule has 0 fully saturated rings. The van der Waals surface area contributed by atoms with E-state index in [1.807, 2.05) is 0 Å². The summed E-state index contributed by atoms with van der Waals surface area (Å²) in [5, 5.41) is 13.1. The Hall–Kier alpha value is -1.15. The highest BCUT2D eigenvalue weighted by atomic mass is 32.1. The topological polar surface area (TPSA) is 49.3 Å². The molecule has 27 heavy (non-hydrogen) atoms. The second-order valence-electron chi connectivity index (χ2n) is 7.06. The largest absolute Gasteiger partial charge is 0.382 e. The van der Waals surface area contributed by atoms with Crippen LogP contribution in [0.25, 0.3) is 9.75 Å². The molecule has 0 saturated carbocycles. The number of ketones is 1. The van der Waals surface area contributed by atoms with Crippen molar-refractivity contribution in [1.29, 1.82) is 0 Å². The number of Topliss-reactive ketones (excluding diaryl/α,β-unsaturated/α-hetero) is 1. The molecule has 3 nitrogen and oxygen atoms in total. The van der Waals surface area contributed by atoms with Gasteiger partial charge in [0.15, 0.2) is 5.78 Å². The van der Waals surface area contributed by atoms with Gasteiger partial charge in [-0.15, -0.1) is 22.7 Å². The van der Waals surface area contributed by atoms with E-state index in [1.165, 1.54) is 26.4 Å². The standard InChI is InChI=1S/C20H27F2NO2S2/c1-5-17(24)19(3,20(4,25)18(21)22)23-12-6-7-14-9-11-16(27-14)15-10-8-13(2)26-15/h8-11,18,23,25H,5-7,12H2,1-4H3. The van der Waals surface area contributed by atoms with E-state index in [1.54, 1.807) is 29.6 Å². The highest BCUT2D eigenvalue weighted by Gasteiger charge is 2.53. The molecule has 0 saturated heterocycles. The lowest BCUT2D eigenvalue weighted by Gasteiger charge is -2.41. The van der Waals surface area contributed by atoms with Gasteiger partial charge in [0.1, 0.15) is 11.1 Å². The van der Waals surface area contributed by atoms with Gasteiger partial charge < -0.3 is 10.4 Å². The van der Waals surface area contributed by atoms with E-state index in [0.29, 0.717) is 13.0 Å². The molecule has 2 rings (SSSR count). The number of hydrogen-bond donors (Lipinski definition) is 2. The van der Waals surface area contributed by atoms with E-state index in [4.69, 9.17) is 0 Å². The van der Waals surface area contributed by atoms with Gasteiger partial charge >= 0.3 is 0 Å². The Morgan fingerprint density at radius 3 is 2.37 bits per heavy atom. The van der Waals surface area contributed by atoms with Crippen molar-refractivity contribution in [2.45, 2.75) is 64.5 Å². The summed E-state index contributed by atoms with van der Waals surface area (Å²) in [4.78, 5) is 17.2. The Morgan fingerprint density at radius 1 is 1.19 bits per heavy atom. The normalized spacial score (nSPS) is 16.3. The zero-order valence-electron chi connectivity index (χ0n) is 16.1. The van der Waals surface area contributed by atoms with E-state index in [-0.39, 0.29) is 6.42 Å². The van der Waals surface area contributed by atoms with E-state index in [2.05, 4.69) is 36.5 Å². The van der Waals surface area contributed by atoms with Crippen molar-refractivity contribution in [1.82, 2.24) is 5.32 Å². The second-order valence-corrected chi connectivity index (χ2v) is 9.51. The molecule has 0 aliphatic rings. The summed E-state index contributed by atoms with van der Waals surface area (Å²) in [6.45, 7) is 6.46. The van der Waals surface area contributed by atoms with Gasteiger partial charge in [0.05, 0.1) is 0 Å². The van der Waals surface area contributed by atoms with Gasteiger partial charge in [-0.3, -0.25) is 4.79 Å². The molecule has 0 bridgehead atoms. The molecule has 7 heteroatoms. The fourth-order valence-electron chi connectivity index (χ4n) is 2.94. The average molecular weight is 416 g/mol. The molecule has 2 N–H and O–H groups in total. The van der Waals surface area contributed by atoms with E-state index in [9.17, 15) is 18.7 Å². The first-order valence-corrected chi connectivity index (χ1v) is 10.7. The van der Waals surface area contributed by atoms with Crippen LogP contribution in [0.2, 0.25) is 0 Å². The van der Waals surface area contributed by atoms with Crippen LogP contribution < -0.4 is 5.32 Å². The number of aryl methyl sites for hydroxylation is 2. The fraction of sp³-hybridized carbons (Fsp3) is 0.550. The van der Waals surface area contributed by atoms with Crippen molar-refractivity contribution in [3.05, 3.63) is 34.0 Å². The van der Waals surface area contributed by atoms with Crippen LogP contribution in [0.15, 0.2) is 24.3 Å². The summed E-state index contributed by atoms with van der Waals surface area (Å²) >= 11 is 3.48. The maximum Gasteiger partial charge on any atom is 0.268 e. The van der Waals surface area contributed by atoms with Crippen LogP contribution in [-0.4, -0.2) is 35.0 Å². The molecule has 2 atom stereocenters. The Balaban J connectivity index is 1.96. The molecule has 0 radical (unpaired) electrons. The Labute approximate surface area is 167 Å². The second kappa shape index (κ2) is 8.90. The van der Waals surface area contributed by atoms with E-state index < -0.39 is 23.3 Å². The number of rotatable bonds is 10. The lowest BCUT2D eigenvalue weighted by atomic mass is 9.78. The number of hydrogen-bond acceptors (Lipinski definition) is 5. The SMILES string of the molecule is CCC(=O)C(C)(NCCCc1ccc(-c2ccc(C)s2)s1)C(C)(O)C(F)F. The first kappa shape index (κ1) is 22.1. The van der Waals surface area contributed by atoms with Gasteiger partial charge in [-0.05, 0) is 64.4 Å². The third-order valence-electron chi connectivity index (χ3n) is 5.04. The minimum atomic E-state index is -3.01. The Bertz CT molecular complexity index is 770. The first-order valence-electron chi connectivity index (χ1n) is 9.06. The number of alkyl halides is 2. The summed E-state index contributed by atoms with van der Waals surface area (Å²) in [7, 11) is 0. The van der Waals surface area contributed by atoms with Gasteiger partial charge in [0.2, 0.25) is 0 Å². The predicted octanol–water partition coefficient (Wildman–Crippen LogP) is 5.06. The summed E-state index contributed by atoms with van der Waals surface area (Å²) in [6.07, 6.45) is -1.45. The van der Waals surface area contributed by atoms with Crippen molar-refractivity contribution in [3.8, 4) is 9.75 Å². The Kier molecular flexibility index (Phi) is 7.30. The molecule has 2 unspecified atom stereocenters. The zero-order chi connectivity index (χ0) is 20.2. The van der Waals surface area contributed by atoms with Crippen molar-refractivity contribution in [3.63, 3.8) is 0 Å². The molecular weight excluding hydrogens is 388 g/mol. The molecule has 0 spiro atoms. The first-order chi connectivity index (χ1) is 12.6. The third-order valence-corrected chi connectivity index (χ3v) is 7.38. The highest BCUT2D eigenvalue weighted by molar-refractivity contribution is 7.22. The van der Waals surface area contributed by atoms with Gasteiger partial charge in [0, 0.05) is 25.9 Å². The molecule has 2 heterocycles. The van der Waals surface area contributed by atoms with Gasteiger partial charge in [-0.1, -0.05) is 6.92 Å². The molecule has 2 aromatic heterocycles. The molecule has 0 aromatic carbocycles. The van der Waals surface area contributed by atoms with Gasteiger partial charge in [0.25, 0.3) is 6.43 Å². The summed E-state index contributed by atoms with van der Waals surface area (Å²) in [5.41, 5.74) is -4.10. The highest BCUT2D eigenvalue weighted by Crippen LogP contribution is 2.34. The maximum absolute atomic E-state index is 13.3. The minimum Gasteiger partial charge on any atom is -0.382 e. The minimum absolute atomic E-state index is 0.0842. The number of nitrogens with one attached hydrogen (secondary N) is 1. The van der Waals surface area contributed by atoms with Gasteiger partial charge in [-0.2, -0.15) is 0 Å². The van der Waals surface area contributed by atoms with E-state index >= 15 is 0 Å². The molecule has 150 valence electrons. The molecule has 0 aliphatic carbocycles. The van der Waals surface area contributed by atoms with Gasteiger partial charge in [-0.25, -0.2) is 8.78 Å². The van der Waals surface area contributed by atoms with Crippen molar-refractivity contribution in [2.24, 2.45) is 0 Å². The van der Waals surface area contributed by atoms with Crippen LogP contribution in [0.3, 0.4) is 0 Å². The number of halogens is 2. The molecule has 0 aliphatic heterocycles. The van der Waals surface area contributed by atoms with Crippen molar-refractivity contribution >= 4 is 28.5 Å². The Morgan fingerprint density at radius 2 is 1.81 bits per heavy atom. The van der Waals surface area contributed by atoms with Crippen LogP contribution in [0.5, 0.6) is 0 Å². The van der Waals surface area contributed by atoms with Crippen LogP contribution in [0.4, 0.5) is 8.78 Å². The lowest BCUT2D eigenvalue weighted by molar-refractivity contribution is -0.158. The molecular formula is C20H27F2NO2S2. The molecule has 2 aromatic rings. The van der Waals surface area contributed by atoms with Crippen LogP contribution >= 0.6 is 22.7 Å². The number of aliphatic hydroxyl groups is 1. The van der Waals surface area contributed by atoms with Crippen molar-refractivity contribution < 1.29 is 18.7 Å². The smallest absolute Gasteiger partial charge is 0.268 e. The average Bonchev–Trinajstić information content (AvgIpc) is 3.26.